The number of methoxy groups -OCH3 is 1. The van der Waals surface area contributed by atoms with Gasteiger partial charge in [0.05, 0.1) is 46.4 Å². The fourth-order valence-corrected chi connectivity index (χ4v) is 4.40. The monoisotopic (exact) mass is 408 g/mol. The molecule has 0 amide bonds. The Kier molecular flexibility index (Phi) is 5.50. The van der Waals surface area contributed by atoms with Gasteiger partial charge in [0, 0.05) is 12.6 Å². The second kappa shape index (κ2) is 8.22. The fourth-order valence-electron chi connectivity index (χ4n) is 4.18. The lowest BCUT2D eigenvalue weighted by Crippen LogP contribution is -2.32. The molecule has 29 heavy (non-hydrogen) atoms. The number of ether oxygens (including phenoxy) is 1. The van der Waals surface area contributed by atoms with Gasteiger partial charge in [-0.25, -0.2) is 4.79 Å². The minimum Gasteiger partial charge on any atom is -0.465 e. The summed E-state index contributed by atoms with van der Waals surface area (Å²) in [4.78, 5) is 16.1. The Bertz CT molecular complexity index is 991. The van der Waals surface area contributed by atoms with E-state index in [1.165, 1.54) is 39.0 Å². The van der Waals surface area contributed by atoms with Crippen molar-refractivity contribution in [1.29, 1.82) is 5.26 Å². The number of pyridine rings is 1. The lowest BCUT2D eigenvalue weighted by Gasteiger charge is -2.28. The molecule has 1 aliphatic carbocycles. The largest absolute Gasteiger partial charge is 0.465 e. The molecule has 1 aromatic heterocycles. The van der Waals surface area contributed by atoms with Gasteiger partial charge in [0.2, 0.25) is 0 Å². The van der Waals surface area contributed by atoms with Crippen molar-refractivity contribution < 1.29 is 9.53 Å². The highest BCUT2D eigenvalue weighted by Gasteiger charge is 2.36. The minimum absolute atomic E-state index is 0.235. The highest BCUT2D eigenvalue weighted by atomic mass is 35.5. The van der Waals surface area contributed by atoms with Gasteiger partial charge in [-0.05, 0) is 49.1 Å². The van der Waals surface area contributed by atoms with E-state index in [4.69, 9.17) is 26.7 Å². The number of aromatic nitrogens is 1. The number of nitriles is 1. The van der Waals surface area contributed by atoms with Crippen molar-refractivity contribution >= 4 is 29.0 Å². The first-order valence-electron chi connectivity index (χ1n) is 9.72. The zero-order chi connectivity index (χ0) is 20.4. The summed E-state index contributed by atoms with van der Waals surface area (Å²) in [6.07, 6.45) is 7.16. The molecule has 7 heteroatoms. The molecule has 148 valence electrons. The van der Waals surface area contributed by atoms with Gasteiger partial charge in [-0.15, -0.1) is 0 Å². The molecule has 4 rings (SSSR count). The van der Waals surface area contributed by atoms with Crippen LogP contribution in [0.1, 0.15) is 53.7 Å². The Hall–Kier alpha value is -2.91. The van der Waals surface area contributed by atoms with Crippen LogP contribution in [0, 0.1) is 17.2 Å². The average Bonchev–Trinajstić information content (AvgIpc) is 3.43. The molecule has 2 heterocycles. The van der Waals surface area contributed by atoms with Crippen molar-refractivity contribution in [3.63, 3.8) is 0 Å². The second-order valence-corrected chi connectivity index (χ2v) is 7.81. The normalized spacial score (nSPS) is 19.1. The summed E-state index contributed by atoms with van der Waals surface area (Å²) in [5.74, 6) is 0.148. The topological polar surface area (TPSA) is 78.6 Å². The number of halogens is 1. The predicted octanol–water partition coefficient (Wildman–Crippen LogP) is 4.57. The molecule has 1 aromatic carbocycles. The van der Waals surface area contributed by atoms with Crippen LogP contribution in [0.15, 0.2) is 41.6 Å². The maximum Gasteiger partial charge on any atom is 0.339 e. The van der Waals surface area contributed by atoms with Crippen molar-refractivity contribution in [2.45, 2.75) is 38.1 Å². The summed E-state index contributed by atoms with van der Waals surface area (Å²) >= 11 is 6.28. The van der Waals surface area contributed by atoms with E-state index in [9.17, 15) is 4.79 Å². The summed E-state index contributed by atoms with van der Waals surface area (Å²) in [7, 11) is 1.35. The Morgan fingerprint density at radius 1 is 1.28 bits per heavy atom. The number of carbonyl (C=O) groups excluding carboxylic acids is 1. The van der Waals surface area contributed by atoms with Gasteiger partial charge in [-0.1, -0.05) is 24.4 Å². The first-order chi connectivity index (χ1) is 14.1. The molecule has 2 aliphatic rings. The summed E-state index contributed by atoms with van der Waals surface area (Å²) in [6.45, 7) is 0. The Labute approximate surface area is 174 Å². The Morgan fingerprint density at radius 2 is 2.07 bits per heavy atom. The lowest BCUT2D eigenvalue weighted by molar-refractivity contribution is 0.0600. The Balaban J connectivity index is 1.67. The fraction of sp³-hybridized carbons (Fsp3) is 0.364. The molecule has 1 aliphatic heterocycles. The third-order valence-corrected chi connectivity index (χ3v) is 6.02. The zero-order valence-electron chi connectivity index (χ0n) is 16.1. The summed E-state index contributed by atoms with van der Waals surface area (Å²) in [5, 5.41) is 16.5. The van der Waals surface area contributed by atoms with E-state index >= 15 is 0 Å². The van der Waals surface area contributed by atoms with Gasteiger partial charge in [0.15, 0.2) is 0 Å². The van der Waals surface area contributed by atoms with Gasteiger partial charge < -0.3 is 4.74 Å². The number of hydrazone groups is 1. The first kappa shape index (κ1) is 19.4. The number of hydrogen-bond acceptors (Lipinski definition) is 6. The summed E-state index contributed by atoms with van der Waals surface area (Å²) in [6, 6.07) is 11.3. The van der Waals surface area contributed by atoms with E-state index in [-0.39, 0.29) is 6.04 Å². The zero-order valence-corrected chi connectivity index (χ0v) is 16.9. The number of benzene rings is 1. The van der Waals surface area contributed by atoms with Crippen LogP contribution in [0.2, 0.25) is 5.02 Å². The van der Waals surface area contributed by atoms with Crippen LogP contribution >= 0.6 is 11.6 Å². The standard InChI is InChI=1S/C22H21ClN4O2/c1-29-22(28)16-7-9-19(25-13-16)20-11-21(14-4-2-3-5-14)27(26-20)17-8-6-15(12-24)18(23)10-17/h6-10,13-14,21H,2-5,11H2,1H3. The van der Waals surface area contributed by atoms with Crippen molar-refractivity contribution in [2.24, 2.45) is 11.0 Å². The van der Waals surface area contributed by atoms with Crippen LogP contribution in [0.25, 0.3) is 0 Å². The number of anilines is 1. The van der Waals surface area contributed by atoms with E-state index in [0.717, 1.165) is 23.5 Å². The molecular weight excluding hydrogens is 388 g/mol. The van der Waals surface area contributed by atoms with E-state index in [2.05, 4.69) is 11.1 Å². The summed E-state index contributed by atoms with van der Waals surface area (Å²) < 4.78 is 4.74. The van der Waals surface area contributed by atoms with Crippen LogP contribution < -0.4 is 5.01 Å². The molecule has 1 fully saturated rings. The maximum absolute atomic E-state index is 11.7. The molecule has 0 N–H and O–H groups in total. The number of esters is 1. The van der Waals surface area contributed by atoms with Gasteiger partial charge in [-0.2, -0.15) is 10.4 Å². The molecule has 2 aromatic rings. The highest BCUT2D eigenvalue weighted by Crippen LogP contribution is 2.38. The van der Waals surface area contributed by atoms with Gasteiger partial charge in [0.1, 0.15) is 6.07 Å². The molecule has 6 nitrogen and oxygen atoms in total. The number of rotatable bonds is 4. The van der Waals surface area contributed by atoms with E-state index in [1.807, 2.05) is 23.2 Å². The van der Waals surface area contributed by atoms with Crippen molar-refractivity contribution in [3.8, 4) is 6.07 Å². The third-order valence-electron chi connectivity index (χ3n) is 5.71. The van der Waals surface area contributed by atoms with Gasteiger partial charge in [0.25, 0.3) is 0 Å². The maximum atomic E-state index is 11.7. The SMILES string of the molecule is COC(=O)c1ccc(C2=NN(c3ccc(C#N)c(Cl)c3)C(C3CCCC3)C2)nc1. The molecule has 0 saturated heterocycles. The first-order valence-corrected chi connectivity index (χ1v) is 10.1. The number of nitrogens with zero attached hydrogens (tertiary/aromatic N) is 4. The molecule has 0 spiro atoms. The average molecular weight is 409 g/mol. The molecular formula is C22H21ClN4O2. The van der Waals surface area contributed by atoms with Crippen LogP contribution in [0.4, 0.5) is 5.69 Å². The number of carbonyl (C=O) groups is 1. The van der Waals surface area contributed by atoms with Crippen molar-refractivity contribution in [2.75, 3.05) is 12.1 Å². The van der Waals surface area contributed by atoms with Crippen LogP contribution in [0.3, 0.4) is 0 Å². The molecule has 0 bridgehead atoms. The Morgan fingerprint density at radius 3 is 2.69 bits per heavy atom. The van der Waals surface area contributed by atoms with Crippen molar-refractivity contribution in [3.05, 3.63) is 58.4 Å². The van der Waals surface area contributed by atoms with E-state index in [0.29, 0.717) is 22.1 Å². The smallest absolute Gasteiger partial charge is 0.339 e. The quantitative estimate of drug-likeness (QED) is 0.692. The van der Waals surface area contributed by atoms with Crippen LogP contribution in [-0.2, 0) is 4.74 Å². The van der Waals surface area contributed by atoms with E-state index < -0.39 is 5.97 Å². The highest BCUT2D eigenvalue weighted by molar-refractivity contribution is 6.32. The molecule has 0 radical (unpaired) electrons. The minimum atomic E-state index is -0.407. The van der Waals surface area contributed by atoms with Crippen molar-refractivity contribution in [1.82, 2.24) is 4.98 Å². The van der Waals surface area contributed by atoms with Crippen LogP contribution in [0.5, 0.6) is 0 Å². The second-order valence-electron chi connectivity index (χ2n) is 7.41. The lowest BCUT2D eigenvalue weighted by atomic mass is 9.93. The third kappa shape index (κ3) is 3.83. The van der Waals surface area contributed by atoms with E-state index in [1.54, 1.807) is 12.1 Å². The summed E-state index contributed by atoms with van der Waals surface area (Å²) in [5.41, 5.74) is 3.39. The predicted molar refractivity (Wildman–Crippen MR) is 111 cm³/mol. The molecule has 1 saturated carbocycles. The number of hydrogen-bond donors (Lipinski definition) is 0. The van der Waals surface area contributed by atoms with Gasteiger partial charge >= 0.3 is 5.97 Å². The molecule has 1 atom stereocenters. The van der Waals surface area contributed by atoms with Crippen LogP contribution in [-0.4, -0.2) is 29.8 Å². The van der Waals surface area contributed by atoms with Gasteiger partial charge in [-0.3, -0.25) is 9.99 Å². The molecule has 1 unspecified atom stereocenters.